The van der Waals surface area contributed by atoms with Gasteiger partial charge in [0.1, 0.15) is 0 Å². The number of fused-ring (bicyclic) bond motifs is 5. The van der Waals surface area contributed by atoms with Crippen molar-refractivity contribution in [2.45, 2.75) is 98.8 Å². The topological polar surface area (TPSA) is 0 Å². The van der Waals surface area contributed by atoms with Crippen molar-refractivity contribution in [3.8, 4) is 0 Å². The first-order valence-electron chi connectivity index (χ1n) is 10.2. The van der Waals surface area contributed by atoms with E-state index < -0.39 is 0 Å². The van der Waals surface area contributed by atoms with E-state index in [1.807, 2.05) is 0 Å². The molecule has 0 aromatic rings. The number of hydrogen-bond acceptors (Lipinski definition) is 0. The first-order chi connectivity index (χ1) is 10.2. The Morgan fingerprint density at radius 1 is 0.591 bits per heavy atom. The lowest BCUT2D eigenvalue weighted by atomic mass is 9.36. The lowest BCUT2D eigenvalue weighted by Gasteiger charge is -2.69. The highest BCUT2D eigenvalue weighted by molar-refractivity contribution is 5.15. The van der Waals surface area contributed by atoms with Gasteiger partial charge in [0, 0.05) is 0 Å². The van der Waals surface area contributed by atoms with Crippen LogP contribution in [0.3, 0.4) is 0 Å². The maximum Gasteiger partial charge on any atom is -0.0236 e. The third kappa shape index (κ3) is 1.71. The van der Waals surface area contributed by atoms with Crippen molar-refractivity contribution in [2.24, 2.45) is 39.4 Å². The summed E-state index contributed by atoms with van der Waals surface area (Å²) in [5.74, 6) is 3.02. The highest BCUT2D eigenvalue weighted by atomic mass is 14.7. The van der Waals surface area contributed by atoms with Gasteiger partial charge in [-0.25, -0.2) is 0 Å². The molecule has 0 aromatic heterocycles. The van der Waals surface area contributed by atoms with E-state index >= 15 is 0 Å². The van der Waals surface area contributed by atoms with E-state index in [0.29, 0.717) is 21.7 Å². The van der Waals surface area contributed by atoms with Crippen molar-refractivity contribution in [2.75, 3.05) is 0 Å². The molecule has 4 aliphatic rings. The molecule has 0 radical (unpaired) electrons. The zero-order chi connectivity index (χ0) is 15.8. The monoisotopic (exact) mass is 302 g/mol. The smallest absolute Gasteiger partial charge is 0.0236 e. The normalized spacial score (nSPS) is 56.9. The summed E-state index contributed by atoms with van der Waals surface area (Å²) in [6.45, 7) is 13.3. The molecule has 0 aromatic carbocycles. The van der Waals surface area contributed by atoms with Crippen LogP contribution in [0.1, 0.15) is 98.8 Å². The van der Waals surface area contributed by atoms with Crippen molar-refractivity contribution in [3.63, 3.8) is 0 Å². The van der Waals surface area contributed by atoms with E-state index in [-0.39, 0.29) is 0 Å². The standard InChI is InChI=1S/C22H38/c1-19(2)12-7-13-20(3)17(19)11-15-22(5)18(20)10-9-16-8-6-14-21(16,22)4/h16-18H,6-15H2,1-5H3/t16-,17-,18+,20-,21+,22+/m0/s1. The molecule has 0 spiro atoms. The second-order valence-corrected chi connectivity index (χ2v) is 11.0. The Kier molecular flexibility index (Phi) is 3.21. The fourth-order valence-electron chi connectivity index (χ4n) is 8.80. The molecule has 0 unspecified atom stereocenters. The van der Waals surface area contributed by atoms with Gasteiger partial charge in [-0.1, -0.05) is 47.5 Å². The average molecular weight is 303 g/mol. The zero-order valence-corrected chi connectivity index (χ0v) is 15.8. The maximum atomic E-state index is 2.73. The Morgan fingerprint density at radius 3 is 2.14 bits per heavy atom. The van der Waals surface area contributed by atoms with E-state index in [1.54, 1.807) is 12.8 Å². The second-order valence-electron chi connectivity index (χ2n) is 11.0. The first kappa shape index (κ1) is 15.5. The first-order valence-corrected chi connectivity index (χ1v) is 10.2. The third-order valence-electron chi connectivity index (χ3n) is 10.1. The van der Waals surface area contributed by atoms with Crippen LogP contribution in [0.15, 0.2) is 0 Å². The van der Waals surface area contributed by atoms with Crippen molar-refractivity contribution < 1.29 is 0 Å². The summed E-state index contributed by atoms with van der Waals surface area (Å²) in [6.07, 6.45) is 15.1. The summed E-state index contributed by atoms with van der Waals surface area (Å²) in [6, 6.07) is 0. The summed E-state index contributed by atoms with van der Waals surface area (Å²) in [5.41, 5.74) is 2.50. The molecule has 0 aliphatic heterocycles. The SMILES string of the molecule is CC1(C)CCC[C@]2(C)[C@H]3CC[C@@H]4CCC[C@@]4(C)[C@]3(C)CC[C@@H]12. The van der Waals surface area contributed by atoms with Crippen LogP contribution in [-0.4, -0.2) is 0 Å². The van der Waals surface area contributed by atoms with E-state index in [2.05, 4.69) is 34.6 Å². The van der Waals surface area contributed by atoms with Gasteiger partial charge in [-0.2, -0.15) is 0 Å². The van der Waals surface area contributed by atoms with Gasteiger partial charge in [0.2, 0.25) is 0 Å². The van der Waals surface area contributed by atoms with Crippen molar-refractivity contribution in [1.82, 2.24) is 0 Å². The summed E-state index contributed by atoms with van der Waals surface area (Å²) in [7, 11) is 0. The minimum Gasteiger partial charge on any atom is -0.0596 e. The maximum absolute atomic E-state index is 2.73. The van der Waals surface area contributed by atoms with Gasteiger partial charge < -0.3 is 0 Å². The fourth-order valence-corrected chi connectivity index (χ4v) is 8.80. The summed E-state index contributed by atoms with van der Waals surface area (Å²) in [4.78, 5) is 0. The second kappa shape index (κ2) is 4.54. The molecule has 0 heterocycles. The Labute approximate surface area is 138 Å². The van der Waals surface area contributed by atoms with E-state index in [1.165, 1.54) is 51.4 Å². The molecule has 0 N–H and O–H groups in total. The predicted octanol–water partition coefficient (Wildman–Crippen LogP) is 6.84. The molecule has 0 nitrogen and oxygen atoms in total. The van der Waals surface area contributed by atoms with Crippen LogP contribution in [0.25, 0.3) is 0 Å². The van der Waals surface area contributed by atoms with Crippen molar-refractivity contribution >= 4 is 0 Å². The van der Waals surface area contributed by atoms with Gasteiger partial charge in [-0.3, -0.25) is 0 Å². The van der Waals surface area contributed by atoms with Crippen molar-refractivity contribution in [3.05, 3.63) is 0 Å². The van der Waals surface area contributed by atoms with Crippen molar-refractivity contribution in [1.29, 1.82) is 0 Å². The molecule has 4 rings (SSSR count). The molecule has 6 atom stereocenters. The Hall–Kier alpha value is 0. The summed E-state index contributed by atoms with van der Waals surface area (Å²) < 4.78 is 0. The Balaban J connectivity index is 1.76. The molecule has 4 aliphatic carbocycles. The van der Waals surface area contributed by atoms with E-state index in [9.17, 15) is 0 Å². The highest BCUT2D eigenvalue weighted by Gasteiger charge is 2.66. The molecular weight excluding hydrogens is 264 g/mol. The lowest BCUT2D eigenvalue weighted by Crippen LogP contribution is -2.61. The van der Waals surface area contributed by atoms with Crippen LogP contribution < -0.4 is 0 Å². The molecule has 0 saturated heterocycles. The molecule has 0 bridgehead atoms. The quantitative estimate of drug-likeness (QED) is 0.459. The molecule has 4 fully saturated rings. The molecule has 0 amide bonds. The fraction of sp³-hybridized carbons (Fsp3) is 1.00. The average Bonchev–Trinajstić information content (AvgIpc) is 2.80. The number of rotatable bonds is 0. The van der Waals surface area contributed by atoms with Gasteiger partial charge >= 0.3 is 0 Å². The minimum absolute atomic E-state index is 0.585. The van der Waals surface area contributed by atoms with Crippen LogP contribution in [0.5, 0.6) is 0 Å². The molecular formula is C22H38. The predicted molar refractivity (Wildman–Crippen MR) is 94.7 cm³/mol. The number of hydrogen-bond donors (Lipinski definition) is 0. The van der Waals surface area contributed by atoms with Gasteiger partial charge in [-0.05, 0) is 90.8 Å². The van der Waals surface area contributed by atoms with Crippen LogP contribution in [0.4, 0.5) is 0 Å². The van der Waals surface area contributed by atoms with Gasteiger partial charge in [0.25, 0.3) is 0 Å². The molecule has 126 valence electrons. The lowest BCUT2D eigenvalue weighted by molar-refractivity contribution is -0.199. The Bertz CT molecular complexity index is 463. The van der Waals surface area contributed by atoms with Gasteiger partial charge in [0.05, 0.1) is 0 Å². The van der Waals surface area contributed by atoms with Gasteiger partial charge in [0.15, 0.2) is 0 Å². The minimum atomic E-state index is 0.585. The zero-order valence-electron chi connectivity index (χ0n) is 15.8. The van der Waals surface area contributed by atoms with Gasteiger partial charge in [-0.15, -0.1) is 0 Å². The van der Waals surface area contributed by atoms with Crippen LogP contribution in [0, 0.1) is 39.4 Å². The largest absolute Gasteiger partial charge is 0.0596 e. The molecule has 22 heavy (non-hydrogen) atoms. The van der Waals surface area contributed by atoms with Crippen LogP contribution in [-0.2, 0) is 0 Å². The molecule has 4 saturated carbocycles. The van der Waals surface area contributed by atoms with Crippen LogP contribution in [0.2, 0.25) is 0 Å². The third-order valence-corrected chi connectivity index (χ3v) is 10.1. The molecule has 0 heteroatoms. The van der Waals surface area contributed by atoms with Crippen LogP contribution >= 0.6 is 0 Å². The summed E-state index contributed by atoms with van der Waals surface area (Å²) >= 11 is 0. The van der Waals surface area contributed by atoms with E-state index in [0.717, 1.165) is 17.8 Å². The summed E-state index contributed by atoms with van der Waals surface area (Å²) in [5, 5.41) is 0. The van der Waals surface area contributed by atoms with E-state index in [4.69, 9.17) is 0 Å². The Morgan fingerprint density at radius 2 is 1.36 bits per heavy atom. The highest BCUT2D eigenvalue weighted by Crippen LogP contribution is 2.74.